The van der Waals surface area contributed by atoms with E-state index in [0.29, 0.717) is 11.5 Å². The molecule has 2 aromatic rings. The van der Waals surface area contributed by atoms with Gasteiger partial charge in [-0.2, -0.15) is 10.4 Å². The number of nitrogens with zero attached hydrogens (tertiary/aromatic N) is 7. The van der Waals surface area contributed by atoms with E-state index in [1.165, 1.54) is 0 Å². The maximum atomic E-state index is 9.65. The van der Waals surface area contributed by atoms with Crippen molar-refractivity contribution in [3.8, 4) is 6.07 Å². The molecule has 0 saturated carbocycles. The lowest BCUT2D eigenvalue weighted by molar-refractivity contribution is 0.470. The third-order valence-electron chi connectivity index (χ3n) is 4.85. The lowest BCUT2D eigenvalue weighted by atomic mass is 9.95. The van der Waals surface area contributed by atoms with Crippen molar-refractivity contribution in [3.63, 3.8) is 0 Å². The fraction of sp³-hybridized carbons (Fsp3) is 0.588. The van der Waals surface area contributed by atoms with E-state index in [9.17, 15) is 5.26 Å². The molecule has 1 aliphatic heterocycles. The summed E-state index contributed by atoms with van der Waals surface area (Å²) in [5.74, 6) is 2.19. The van der Waals surface area contributed by atoms with Crippen molar-refractivity contribution in [1.82, 2.24) is 25.0 Å². The molecular formula is C17H23N7. The minimum absolute atomic E-state index is 0.410. The Labute approximate surface area is 142 Å². The SMILES string of the molecule is CCc1nnc(N2CCC(c3nncn3C)CC2)c(C#N)c1CC. The van der Waals surface area contributed by atoms with Crippen LogP contribution in [0.25, 0.3) is 0 Å². The molecule has 1 fully saturated rings. The van der Waals surface area contributed by atoms with E-state index in [-0.39, 0.29) is 0 Å². The number of hydrogen-bond donors (Lipinski definition) is 0. The molecule has 0 aliphatic carbocycles. The molecule has 0 aromatic carbocycles. The van der Waals surface area contributed by atoms with E-state index in [2.05, 4.69) is 45.2 Å². The van der Waals surface area contributed by atoms with Gasteiger partial charge >= 0.3 is 0 Å². The molecule has 3 heterocycles. The molecule has 24 heavy (non-hydrogen) atoms. The number of anilines is 1. The topological polar surface area (TPSA) is 83.5 Å². The third-order valence-corrected chi connectivity index (χ3v) is 4.85. The molecule has 2 aromatic heterocycles. The monoisotopic (exact) mass is 325 g/mol. The maximum absolute atomic E-state index is 9.65. The van der Waals surface area contributed by atoms with Crippen molar-refractivity contribution in [3.05, 3.63) is 29.0 Å². The molecule has 0 N–H and O–H groups in total. The summed E-state index contributed by atoms with van der Waals surface area (Å²) in [4.78, 5) is 2.19. The molecule has 1 aliphatic rings. The van der Waals surface area contributed by atoms with Gasteiger partial charge in [0.25, 0.3) is 0 Å². The number of nitriles is 1. The Balaban J connectivity index is 1.82. The van der Waals surface area contributed by atoms with Crippen LogP contribution in [0.4, 0.5) is 5.82 Å². The van der Waals surface area contributed by atoms with Crippen molar-refractivity contribution < 1.29 is 0 Å². The van der Waals surface area contributed by atoms with Crippen LogP contribution in [0.3, 0.4) is 0 Å². The van der Waals surface area contributed by atoms with Crippen molar-refractivity contribution >= 4 is 5.82 Å². The van der Waals surface area contributed by atoms with Crippen LogP contribution in [-0.4, -0.2) is 38.1 Å². The molecule has 0 unspecified atom stereocenters. The highest BCUT2D eigenvalue weighted by molar-refractivity contribution is 5.58. The van der Waals surface area contributed by atoms with E-state index in [0.717, 1.165) is 61.7 Å². The molecule has 0 radical (unpaired) electrons. The predicted octanol–water partition coefficient (Wildman–Crippen LogP) is 1.99. The lowest BCUT2D eigenvalue weighted by Crippen LogP contribution is -2.35. The zero-order valence-electron chi connectivity index (χ0n) is 14.5. The fourth-order valence-electron chi connectivity index (χ4n) is 3.51. The van der Waals surface area contributed by atoms with Gasteiger partial charge in [0.15, 0.2) is 5.82 Å². The first kappa shape index (κ1) is 16.4. The molecule has 1 saturated heterocycles. The Bertz CT molecular complexity index is 751. The molecule has 0 spiro atoms. The summed E-state index contributed by atoms with van der Waals surface area (Å²) in [6.45, 7) is 5.84. The van der Waals surface area contributed by atoms with Gasteiger partial charge in [0.05, 0.1) is 5.69 Å². The van der Waals surface area contributed by atoms with Gasteiger partial charge in [-0.3, -0.25) is 0 Å². The largest absolute Gasteiger partial charge is 0.354 e. The first-order valence-electron chi connectivity index (χ1n) is 8.56. The number of hydrogen-bond acceptors (Lipinski definition) is 6. The summed E-state index contributed by atoms with van der Waals surface area (Å²) in [5, 5.41) is 26.6. The predicted molar refractivity (Wildman–Crippen MR) is 90.7 cm³/mol. The van der Waals surface area contributed by atoms with Crippen molar-refractivity contribution in [2.45, 2.75) is 45.4 Å². The highest BCUT2D eigenvalue weighted by Gasteiger charge is 2.27. The summed E-state index contributed by atoms with van der Waals surface area (Å²) in [7, 11) is 1.98. The van der Waals surface area contributed by atoms with Gasteiger partial charge in [0.1, 0.15) is 23.8 Å². The Hall–Kier alpha value is -2.49. The molecule has 7 nitrogen and oxygen atoms in total. The Morgan fingerprint density at radius 2 is 1.92 bits per heavy atom. The van der Waals surface area contributed by atoms with Gasteiger partial charge in [-0.15, -0.1) is 15.3 Å². The normalized spacial score (nSPS) is 15.5. The molecule has 0 amide bonds. The second kappa shape index (κ2) is 6.95. The van der Waals surface area contributed by atoms with Crippen molar-refractivity contribution in [2.75, 3.05) is 18.0 Å². The van der Waals surface area contributed by atoms with Crippen LogP contribution in [0.5, 0.6) is 0 Å². The van der Waals surface area contributed by atoms with Gasteiger partial charge in [0, 0.05) is 26.1 Å². The van der Waals surface area contributed by atoms with Crippen LogP contribution >= 0.6 is 0 Å². The number of rotatable bonds is 4. The third kappa shape index (κ3) is 2.84. The second-order valence-corrected chi connectivity index (χ2v) is 6.20. The first-order chi connectivity index (χ1) is 11.7. The first-order valence-corrected chi connectivity index (χ1v) is 8.56. The van der Waals surface area contributed by atoms with E-state index < -0.39 is 0 Å². The smallest absolute Gasteiger partial charge is 0.169 e. The zero-order valence-corrected chi connectivity index (χ0v) is 14.5. The van der Waals surface area contributed by atoms with Crippen LogP contribution in [-0.2, 0) is 19.9 Å². The van der Waals surface area contributed by atoms with Gasteiger partial charge in [0.2, 0.25) is 0 Å². The number of aromatic nitrogens is 5. The molecule has 7 heteroatoms. The number of piperidine rings is 1. The van der Waals surface area contributed by atoms with Crippen LogP contribution in [0.1, 0.15) is 55.3 Å². The molecule has 3 rings (SSSR count). The highest BCUT2D eigenvalue weighted by Crippen LogP contribution is 2.31. The van der Waals surface area contributed by atoms with Gasteiger partial charge < -0.3 is 9.47 Å². The van der Waals surface area contributed by atoms with Crippen LogP contribution in [0.2, 0.25) is 0 Å². The zero-order chi connectivity index (χ0) is 17.1. The minimum Gasteiger partial charge on any atom is -0.354 e. The van der Waals surface area contributed by atoms with Crippen molar-refractivity contribution in [1.29, 1.82) is 5.26 Å². The highest BCUT2D eigenvalue weighted by atomic mass is 15.3. The van der Waals surface area contributed by atoms with Crippen molar-refractivity contribution in [2.24, 2.45) is 7.05 Å². The minimum atomic E-state index is 0.410. The summed E-state index contributed by atoms with van der Waals surface area (Å²) in [6.07, 6.45) is 5.33. The van der Waals surface area contributed by atoms with Crippen LogP contribution in [0, 0.1) is 11.3 Å². The Morgan fingerprint density at radius 3 is 2.46 bits per heavy atom. The number of aryl methyl sites for hydroxylation is 2. The quantitative estimate of drug-likeness (QED) is 0.855. The average Bonchev–Trinajstić information content (AvgIpc) is 3.06. The standard InChI is InChI=1S/C17H23N7/c1-4-13-14(10-18)17(22-20-15(13)5-2)24-8-6-12(7-9-24)16-21-19-11-23(16)3/h11-12H,4-9H2,1-3H3. The molecular weight excluding hydrogens is 302 g/mol. The summed E-state index contributed by atoms with van der Waals surface area (Å²) in [6, 6.07) is 2.36. The maximum Gasteiger partial charge on any atom is 0.169 e. The van der Waals surface area contributed by atoms with Gasteiger partial charge in [-0.25, -0.2) is 0 Å². The lowest BCUT2D eigenvalue weighted by Gasteiger charge is -2.32. The van der Waals surface area contributed by atoms with Gasteiger partial charge in [-0.05, 0) is 31.2 Å². The average molecular weight is 325 g/mol. The Kier molecular flexibility index (Phi) is 4.74. The van der Waals surface area contributed by atoms with Crippen LogP contribution < -0.4 is 4.90 Å². The van der Waals surface area contributed by atoms with Gasteiger partial charge in [-0.1, -0.05) is 13.8 Å². The van der Waals surface area contributed by atoms with E-state index in [1.54, 1.807) is 6.33 Å². The molecule has 0 atom stereocenters. The molecule has 0 bridgehead atoms. The summed E-state index contributed by atoms with van der Waals surface area (Å²) in [5.41, 5.74) is 2.67. The van der Waals surface area contributed by atoms with E-state index in [1.807, 2.05) is 11.6 Å². The second-order valence-electron chi connectivity index (χ2n) is 6.20. The Morgan fingerprint density at radius 1 is 1.17 bits per heavy atom. The summed E-state index contributed by atoms with van der Waals surface area (Å²) < 4.78 is 1.99. The summed E-state index contributed by atoms with van der Waals surface area (Å²) >= 11 is 0. The fourth-order valence-corrected chi connectivity index (χ4v) is 3.51. The van der Waals surface area contributed by atoms with E-state index >= 15 is 0 Å². The molecule has 126 valence electrons. The van der Waals surface area contributed by atoms with E-state index in [4.69, 9.17) is 0 Å². The van der Waals surface area contributed by atoms with Crippen LogP contribution in [0.15, 0.2) is 6.33 Å².